The number of aliphatic hydroxyl groups is 2. The van der Waals surface area contributed by atoms with Crippen LogP contribution in [0.4, 0.5) is 0 Å². The normalized spacial score (nSPS) is 25.2. The molecule has 64 heavy (non-hydrogen) atoms. The number of rotatable bonds is 12. The molecule has 2 fully saturated rings. The van der Waals surface area contributed by atoms with E-state index >= 15 is 0 Å². The highest BCUT2D eigenvalue weighted by molar-refractivity contribution is 7.89. The van der Waals surface area contributed by atoms with Gasteiger partial charge in [0.25, 0.3) is 31.2 Å². The van der Waals surface area contributed by atoms with Crippen molar-refractivity contribution in [2.75, 3.05) is 26.3 Å². The number of aliphatic hydroxyl groups excluding tert-OH is 2. The van der Waals surface area contributed by atoms with Crippen LogP contribution in [0.5, 0.6) is 0 Å². The number of carbonyl (C=O) groups excluding carboxylic acids is 2. The minimum atomic E-state index is -4.10. The van der Waals surface area contributed by atoms with Crippen molar-refractivity contribution in [1.29, 1.82) is 0 Å². The van der Waals surface area contributed by atoms with Crippen molar-refractivity contribution < 1.29 is 36.6 Å². The van der Waals surface area contributed by atoms with Crippen LogP contribution in [0.3, 0.4) is 0 Å². The summed E-state index contributed by atoms with van der Waals surface area (Å²) in [5, 5.41) is 25.7. The molecule has 4 bridgehead atoms. The first-order valence-electron chi connectivity index (χ1n) is 21.0. The van der Waals surface area contributed by atoms with Crippen LogP contribution in [0.25, 0.3) is 12.2 Å². The largest absolute Gasteiger partial charge is 0.396 e. The number of fused-ring (bicyclic) bond motifs is 8. The Morgan fingerprint density at radius 3 is 1.36 bits per heavy atom. The lowest BCUT2D eigenvalue weighted by atomic mass is 9.86. The predicted octanol–water partition coefficient (Wildman–Crippen LogP) is 0.207. The van der Waals surface area contributed by atoms with Gasteiger partial charge in [0.05, 0.1) is 36.6 Å². The molecule has 8 heterocycles. The zero-order chi connectivity index (χ0) is 46.4. The number of nitrogens with zero attached hydrogens (tertiary/aromatic N) is 8. The van der Waals surface area contributed by atoms with Gasteiger partial charge in [0.1, 0.15) is 0 Å². The maximum atomic E-state index is 13.7. The van der Waals surface area contributed by atoms with Crippen LogP contribution < -0.4 is 21.8 Å². The molecule has 4 aromatic heterocycles. The smallest absolute Gasteiger partial charge is 0.263 e. The summed E-state index contributed by atoms with van der Waals surface area (Å²) in [6, 6.07) is 3.28. The number of aryl methyl sites for hydroxylation is 2. The first-order chi connectivity index (χ1) is 30.5. The number of nitrogens with one attached hydrogen (secondary N) is 2. The summed E-state index contributed by atoms with van der Waals surface area (Å²) in [7, 11) is -4.85. The van der Waals surface area contributed by atoms with Crippen LogP contribution in [-0.2, 0) is 56.8 Å². The van der Waals surface area contributed by atoms with Crippen molar-refractivity contribution in [3.8, 4) is 0 Å². The average molecular weight is 923 g/mol. The minimum absolute atomic E-state index is 0.0449. The maximum absolute atomic E-state index is 13.7. The highest BCUT2D eigenvalue weighted by atomic mass is 32.2. The number of hydrogen-bond donors (Lipinski definition) is 4. The third-order valence-electron chi connectivity index (χ3n) is 12.5. The lowest BCUT2D eigenvalue weighted by Gasteiger charge is -2.36. The van der Waals surface area contributed by atoms with Crippen LogP contribution in [0.1, 0.15) is 62.3 Å². The van der Waals surface area contributed by atoms with Gasteiger partial charge in [-0.2, -0.15) is 8.61 Å². The SMILES string of the molecule is C/C=C/c1ccc2n(c1=O)C[C@@H]1[C@@H](CO)[C@H](C(=O)NCC)[C@H]2N1S(=O)(=O)c1cn(C)cn1.C/C=C\c1ccc2n(c1=O)C[C@@H]1[C@@H](CO)[C@H](C(=O)NCC)[C@H]2N1S(=O)(=O)c1cn(C)cn1. The summed E-state index contributed by atoms with van der Waals surface area (Å²) >= 11 is 0. The Morgan fingerprint density at radius 2 is 1.06 bits per heavy atom. The molecule has 2 saturated heterocycles. The first-order valence-corrected chi connectivity index (χ1v) is 23.9. The van der Waals surface area contributed by atoms with Gasteiger partial charge in [-0.25, -0.2) is 26.8 Å². The Hall–Kier alpha value is -5.52. The van der Waals surface area contributed by atoms with Gasteiger partial charge >= 0.3 is 0 Å². The van der Waals surface area contributed by atoms with E-state index in [4.69, 9.17) is 0 Å². The monoisotopic (exact) mass is 922 g/mol. The zero-order valence-electron chi connectivity index (χ0n) is 36.3. The summed E-state index contributed by atoms with van der Waals surface area (Å²) in [6.45, 7) is 7.21. The molecule has 0 aliphatic carbocycles. The summed E-state index contributed by atoms with van der Waals surface area (Å²) in [6.07, 6.45) is 12.5. The molecule has 4 aromatic rings. The van der Waals surface area contributed by atoms with Crippen molar-refractivity contribution >= 4 is 44.0 Å². The summed E-state index contributed by atoms with van der Waals surface area (Å²) in [4.78, 5) is 60.4. The molecule has 4 aliphatic heterocycles. The quantitative estimate of drug-likeness (QED) is 0.149. The molecule has 0 unspecified atom stereocenters. The Balaban J connectivity index is 0.000000191. The average Bonchev–Trinajstić information content (AvgIpc) is 4.02. The molecule has 2 amide bonds. The predicted molar refractivity (Wildman–Crippen MR) is 234 cm³/mol. The molecule has 20 nitrogen and oxygen atoms in total. The van der Waals surface area contributed by atoms with Crippen molar-refractivity contribution in [3.63, 3.8) is 0 Å². The Morgan fingerprint density at radius 1 is 0.688 bits per heavy atom. The van der Waals surface area contributed by atoms with E-state index in [9.17, 15) is 46.2 Å². The number of sulfonamides is 2. The van der Waals surface area contributed by atoms with Crippen LogP contribution in [0, 0.1) is 23.7 Å². The highest BCUT2D eigenvalue weighted by Gasteiger charge is 2.61. The van der Waals surface area contributed by atoms with Gasteiger partial charge in [-0.05, 0) is 52.0 Å². The Labute approximate surface area is 370 Å². The van der Waals surface area contributed by atoms with E-state index in [0.29, 0.717) is 35.6 Å². The van der Waals surface area contributed by atoms with Crippen molar-refractivity contribution in [1.82, 2.24) is 47.5 Å². The van der Waals surface area contributed by atoms with Gasteiger partial charge in [-0.15, -0.1) is 0 Å². The fourth-order valence-electron chi connectivity index (χ4n) is 9.86. The van der Waals surface area contributed by atoms with Crippen LogP contribution >= 0.6 is 0 Å². The topological polar surface area (TPSA) is 253 Å². The molecule has 4 aliphatic rings. The lowest BCUT2D eigenvalue weighted by Crippen LogP contribution is -2.49. The third-order valence-corrected chi connectivity index (χ3v) is 16.1. The number of amides is 2. The standard InChI is InChI=1S/2C21H27N5O5S/c2*1-4-6-13-7-8-15-19-18(20(28)22-5-2)14(11-27)16(9-25(15)21(13)29)26(19)32(30,31)17-10-24(3)12-23-17/h2*4,6-8,10,12,14,16,18-19,27H,5,9,11H2,1-3H3,(H,22,28)/b6-4+;6-4-/t2*14-,16-,18+,19+/m11/s1. The molecule has 0 saturated carbocycles. The van der Waals surface area contributed by atoms with Gasteiger partial charge in [0, 0.05) is 112 Å². The van der Waals surface area contributed by atoms with E-state index in [-0.39, 0.29) is 59.3 Å². The second-order valence-corrected chi connectivity index (χ2v) is 19.8. The van der Waals surface area contributed by atoms with E-state index in [1.807, 2.05) is 0 Å². The van der Waals surface area contributed by atoms with E-state index in [0.717, 1.165) is 0 Å². The fraction of sp³-hybridized carbons (Fsp3) is 0.476. The fourth-order valence-corrected chi connectivity index (χ4v) is 13.5. The van der Waals surface area contributed by atoms with Crippen LogP contribution in [0.2, 0.25) is 0 Å². The molecular weight excluding hydrogens is 869 g/mol. The number of pyridine rings is 2. The maximum Gasteiger partial charge on any atom is 0.263 e. The molecule has 0 radical (unpaired) electrons. The van der Waals surface area contributed by atoms with Gasteiger partial charge < -0.3 is 39.1 Å². The summed E-state index contributed by atoms with van der Waals surface area (Å²) in [5.74, 6) is -3.73. The molecule has 8 atom stereocenters. The third kappa shape index (κ3) is 7.68. The molecule has 0 aromatic carbocycles. The summed E-state index contributed by atoms with van der Waals surface area (Å²) < 4.78 is 63.3. The number of aromatic nitrogens is 6. The molecule has 8 rings (SSSR count). The second-order valence-electron chi connectivity index (χ2n) is 16.2. The highest BCUT2D eigenvalue weighted by Crippen LogP contribution is 2.52. The van der Waals surface area contributed by atoms with E-state index in [2.05, 4.69) is 20.6 Å². The number of carbonyl (C=O) groups is 2. The van der Waals surface area contributed by atoms with E-state index < -0.39 is 67.9 Å². The molecule has 0 spiro atoms. The van der Waals surface area contributed by atoms with Gasteiger partial charge in [-0.3, -0.25) is 19.2 Å². The molecule has 4 N–H and O–H groups in total. The molecule has 344 valence electrons. The number of hydrogen-bond acceptors (Lipinski definition) is 12. The van der Waals surface area contributed by atoms with Crippen molar-refractivity contribution in [3.05, 3.63) is 105 Å². The van der Waals surface area contributed by atoms with E-state index in [1.165, 1.54) is 51.9 Å². The lowest BCUT2D eigenvalue weighted by molar-refractivity contribution is -0.128. The zero-order valence-corrected chi connectivity index (χ0v) is 38.0. The van der Waals surface area contributed by atoms with Gasteiger partial charge in [0.15, 0.2) is 10.1 Å². The molecular formula is C42H54N10O10S2. The Kier molecular flexibility index (Phi) is 13.2. The van der Waals surface area contributed by atoms with E-state index in [1.54, 1.807) is 90.4 Å². The van der Waals surface area contributed by atoms with Gasteiger partial charge in [-0.1, -0.05) is 24.3 Å². The van der Waals surface area contributed by atoms with Crippen molar-refractivity contribution in [2.24, 2.45) is 37.8 Å². The summed E-state index contributed by atoms with van der Waals surface area (Å²) in [5.41, 5.74) is 1.33. The number of imidazole rings is 2. The minimum Gasteiger partial charge on any atom is -0.396 e. The molecule has 22 heteroatoms. The second kappa shape index (κ2) is 18.2. The number of allylic oxidation sites excluding steroid dienone is 2. The van der Waals surface area contributed by atoms with Crippen molar-refractivity contribution in [2.45, 2.75) is 75.0 Å². The van der Waals surface area contributed by atoms with Crippen LogP contribution in [-0.4, -0.2) is 114 Å². The van der Waals surface area contributed by atoms with Crippen LogP contribution in [0.15, 0.2) is 81.1 Å². The first kappa shape index (κ1) is 46.5. The van der Waals surface area contributed by atoms with Gasteiger partial charge in [0.2, 0.25) is 11.8 Å². The Bertz CT molecular complexity index is 2650.